The Balaban J connectivity index is 2.36. The number of hydrogen-bond acceptors (Lipinski definition) is 2. The van der Waals surface area contributed by atoms with Crippen molar-refractivity contribution in [1.29, 1.82) is 0 Å². The van der Waals surface area contributed by atoms with E-state index in [9.17, 15) is 0 Å². The van der Waals surface area contributed by atoms with E-state index in [4.69, 9.17) is 11.2 Å². The van der Waals surface area contributed by atoms with Gasteiger partial charge in [0, 0.05) is 31.1 Å². The van der Waals surface area contributed by atoms with Gasteiger partial charge in [-0.25, -0.2) is 0 Å². The highest BCUT2D eigenvalue weighted by atomic mass is 16.5. The third-order valence-corrected chi connectivity index (χ3v) is 4.07. The number of terminal acetylenes is 1. The molecule has 0 bridgehead atoms. The number of benzene rings is 1. The van der Waals surface area contributed by atoms with Crippen LogP contribution in [0.1, 0.15) is 24.8 Å². The fraction of sp³-hybridized carbons (Fsp3) is 0.500. The molecule has 1 atom stereocenters. The van der Waals surface area contributed by atoms with Crippen molar-refractivity contribution in [3.63, 3.8) is 0 Å². The third kappa shape index (κ3) is 2.43. The summed E-state index contributed by atoms with van der Waals surface area (Å²) < 4.78 is 5.54. The molecule has 0 spiro atoms. The standard InChI is InChI=1S/C16H21NO/c1-3-7-15(17-2)16(10-12-18-13-11-16)14-8-5-4-6-9-14/h1,4-6,8-9,15,17H,7,10-13H2,2H3. The van der Waals surface area contributed by atoms with E-state index in [0.29, 0.717) is 6.04 Å². The number of ether oxygens (including phenoxy) is 1. The zero-order valence-corrected chi connectivity index (χ0v) is 11.0. The molecular formula is C16H21NO. The molecular weight excluding hydrogens is 222 g/mol. The van der Waals surface area contributed by atoms with Crippen molar-refractivity contribution in [3.8, 4) is 12.3 Å². The van der Waals surface area contributed by atoms with Crippen LogP contribution in [-0.2, 0) is 10.2 Å². The van der Waals surface area contributed by atoms with Crippen LogP contribution < -0.4 is 5.32 Å². The second-order valence-corrected chi connectivity index (χ2v) is 4.88. The van der Waals surface area contributed by atoms with Gasteiger partial charge in [-0.2, -0.15) is 0 Å². The molecule has 2 heteroatoms. The molecule has 0 saturated carbocycles. The second-order valence-electron chi connectivity index (χ2n) is 4.88. The Morgan fingerprint density at radius 2 is 2.00 bits per heavy atom. The lowest BCUT2D eigenvalue weighted by molar-refractivity contribution is 0.0362. The minimum atomic E-state index is 0.112. The van der Waals surface area contributed by atoms with Crippen LogP contribution in [0.3, 0.4) is 0 Å². The SMILES string of the molecule is C#CCC(NC)C1(c2ccccc2)CCOCC1. The van der Waals surface area contributed by atoms with Gasteiger partial charge in [0.25, 0.3) is 0 Å². The average Bonchev–Trinajstić information content (AvgIpc) is 2.46. The van der Waals surface area contributed by atoms with Crippen LogP contribution in [0, 0.1) is 12.3 Å². The topological polar surface area (TPSA) is 21.3 Å². The zero-order chi connectivity index (χ0) is 12.8. The van der Waals surface area contributed by atoms with Gasteiger partial charge in [0.05, 0.1) is 0 Å². The van der Waals surface area contributed by atoms with Crippen molar-refractivity contribution in [2.75, 3.05) is 20.3 Å². The van der Waals surface area contributed by atoms with Gasteiger partial charge in [0.15, 0.2) is 0 Å². The predicted octanol–water partition coefficient (Wildman–Crippen LogP) is 2.35. The van der Waals surface area contributed by atoms with Gasteiger partial charge in [-0.05, 0) is 25.5 Å². The molecule has 1 N–H and O–H groups in total. The summed E-state index contributed by atoms with van der Waals surface area (Å²) in [5, 5.41) is 3.41. The van der Waals surface area contributed by atoms with Crippen molar-refractivity contribution in [1.82, 2.24) is 5.32 Å². The first-order chi connectivity index (χ1) is 8.83. The lowest BCUT2D eigenvalue weighted by Gasteiger charge is -2.43. The molecule has 18 heavy (non-hydrogen) atoms. The monoisotopic (exact) mass is 243 g/mol. The Morgan fingerprint density at radius 1 is 1.33 bits per heavy atom. The maximum absolute atomic E-state index is 5.54. The van der Waals surface area contributed by atoms with Crippen LogP contribution in [0.2, 0.25) is 0 Å². The van der Waals surface area contributed by atoms with Crippen molar-refractivity contribution in [2.45, 2.75) is 30.7 Å². The maximum Gasteiger partial charge on any atom is 0.0475 e. The predicted molar refractivity (Wildman–Crippen MR) is 74.5 cm³/mol. The smallest absolute Gasteiger partial charge is 0.0475 e. The van der Waals surface area contributed by atoms with E-state index in [1.165, 1.54) is 5.56 Å². The fourth-order valence-corrected chi connectivity index (χ4v) is 3.04. The summed E-state index contributed by atoms with van der Waals surface area (Å²) in [4.78, 5) is 0. The Kier molecular flexibility index (Phi) is 4.41. The van der Waals surface area contributed by atoms with Gasteiger partial charge in [-0.3, -0.25) is 0 Å². The zero-order valence-electron chi connectivity index (χ0n) is 11.0. The average molecular weight is 243 g/mol. The summed E-state index contributed by atoms with van der Waals surface area (Å²) in [5.74, 6) is 2.81. The largest absolute Gasteiger partial charge is 0.381 e. The minimum Gasteiger partial charge on any atom is -0.381 e. The van der Waals surface area contributed by atoms with Crippen molar-refractivity contribution < 1.29 is 4.74 Å². The van der Waals surface area contributed by atoms with Crippen LogP contribution >= 0.6 is 0 Å². The lowest BCUT2D eigenvalue weighted by Crippen LogP contribution is -2.50. The van der Waals surface area contributed by atoms with Crippen molar-refractivity contribution >= 4 is 0 Å². The molecule has 1 aromatic carbocycles. The van der Waals surface area contributed by atoms with Crippen molar-refractivity contribution in [2.24, 2.45) is 0 Å². The molecule has 1 heterocycles. The molecule has 1 aromatic rings. The highest BCUT2D eigenvalue weighted by Gasteiger charge is 2.40. The van der Waals surface area contributed by atoms with Gasteiger partial charge in [-0.1, -0.05) is 30.3 Å². The first-order valence-corrected chi connectivity index (χ1v) is 6.57. The van der Waals surface area contributed by atoms with E-state index < -0.39 is 0 Å². The number of hydrogen-bond donors (Lipinski definition) is 1. The summed E-state index contributed by atoms with van der Waals surface area (Å²) in [6.45, 7) is 1.63. The van der Waals surface area contributed by atoms with Crippen LogP contribution in [0.15, 0.2) is 30.3 Å². The van der Waals surface area contributed by atoms with Gasteiger partial charge >= 0.3 is 0 Å². The van der Waals surface area contributed by atoms with Crippen LogP contribution in [0.4, 0.5) is 0 Å². The Morgan fingerprint density at radius 3 is 2.56 bits per heavy atom. The molecule has 0 amide bonds. The van der Waals surface area contributed by atoms with E-state index >= 15 is 0 Å². The van der Waals surface area contributed by atoms with E-state index in [1.807, 2.05) is 7.05 Å². The molecule has 96 valence electrons. The van der Waals surface area contributed by atoms with Gasteiger partial charge in [0.2, 0.25) is 0 Å². The Bertz CT molecular complexity index is 401. The molecule has 1 aliphatic heterocycles. The van der Waals surface area contributed by atoms with Crippen molar-refractivity contribution in [3.05, 3.63) is 35.9 Å². The Labute approximate surface area is 110 Å². The molecule has 1 unspecified atom stereocenters. The molecule has 0 radical (unpaired) electrons. The summed E-state index contributed by atoms with van der Waals surface area (Å²) in [5.41, 5.74) is 1.49. The number of likely N-dealkylation sites (N-methyl/N-ethyl adjacent to an activating group) is 1. The summed E-state index contributed by atoms with van der Waals surface area (Å²) in [6.07, 6.45) is 8.35. The quantitative estimate of drug-likeness (QED) is 0.820. The molecule has 0 aromatic heterocycles. The molecule has 2 rings (SSSR count). The first-order valence-electron chi connectivity index (χ1n) is 6.57. The van der Waals surface area contributed by atoms with Gasteiger partial charge in [-0.15, -0.1) is 12.3 Å². The molecule has 1 aliphatic rings. The van der Waals surface area contributed by atoms with Crippen LogP contribution in [0.5, 0.6) is 0 Å². The Hall–Kier alpha value is -1.30. The van der Waals surface area contributed by atoms with E-state index in [1.54, 1.807) is 0 Å². The van der Waals surface area contributed by atoms with Gasteiger partial charge in [0.1, 0.15) is 0 Å². The summed E-state index contributed by atoms with van der Waals surface area (Å²) in [7, 11) is 2.00. The summed E-state index contributed by atoms with van der Waals surface area (Å²) in [6, 6.07) is 11.0. The highest BCUT2D eigenvalue weighted by Crippen LogP contribution is 2.39. The van der Waals surface area contributed by atoms with Crippen LogP contribution in [0.25, 0.3) is 0 Å². The summed E-state index contributed by atoms with van der Waals surface area (Å²) >= 11 is 0. The third-order valence-electron chi connectivity index (χ3n) is 4.07. The number of rotatable bonds is 4. The van der Waals surface area contributed by atoms with E-state index in [2.05, 4.69) is 41.6 Å². The fourth-order valence-electron chi connectivity index (χ4n) is 3.04. The second kappa shape index (κ2) is 6.04. The molecule has 1 fully saturated rings. The maximum atomic E-state index is 5.54. The van der Waals surface area contributed by atoms with Gasteiger partial charge < -0.3 is 10.1 Å². The molecule has 0 aliphatic carbocycles. The van der Waals surface area contributed by atoms with E-state index in [0.717, 1.165) is 32.5 Å². The first kappa shape index (κ1) is 13.1. The number of nitrogens with one attached hydrogen (secondary N) is 1. The lowest BCUT2D eigenvalue weighted by atomic mass is 9.68. The molecule has 2 nitrogen and oxygen atoms in total. The highest BCUT2D eigenvalue weighted by molar-refractivity contribution is 5.29. The molecule has 1 saturated heterocycles. The normalized spacial score (nSPS) is 20.0. The van der Waals surface area contributed by atoms with E-state index in [-0.39, 0.29) is 5.41 Å². The minimum absolute atomic E-state index is 0.112. The van der Waals surface area contributed by atoms with Crippen LogP contribution in [-0.4, -0.2) is 26.3 Å².